The third-order valence-electron chi connectivity index (χ3n) is 4.63. The van der Waals surface area contributed by atoms with E-state index in [1.165, 1.54) is 12.5 Å². The number of hydrogen-bond donors (Lipinski definition) is 1. The van der Waals surface area contributed by atoms with E-state index >= 15 is 0 Å². The normalized spacial score (nSPS) is 16.8. The minimum atomic E-state index is -0.117. The molecular formula is C18H23N5O2. The summed E-state index contributed by atoms with van der Waals surface area (Å²) in [6.45, 7) is 2.91. The number of aryl methyl sites for hydroxylation is 1. The summed E-state index contributed by atoms with van der Waals surface area (Å²) in [6, 6.07) is 7.17. The maximum absolute atomic E-state index is 12.5. The van der Waals surface area contributed by atoms with E-state index in [4.69, 9.17) is 0 Å². The van der Waals surface area contributed by atoms with E-state index < -0.39 is 0 Å². The largest absolute Gasteiger partial charge is 0.324 e. The first kappa shape index (κ1) is 17.0. The lowest BCUT2D eigenvalue weighted by atomic mass is 10.0. The van der Waals surface area contributed by atoms with E-state index in [0.29, 0.717) is 18.2 Å². The first-order valence-electron chi connectivity index (χ1n) is 8.33. The summed E-state index contributed by atoms with van der Waals surface area (Å²) in [4.78, 5) is 27.4. The fourth-order valence-electron chi connectivity index (χ4n) is 3.04. The van der Waals surface area contributed by atoms with Gasteiger partial charge in [0.2, 0.25) is 5.91 Å². The average molecular weight is 341 g/mol. The van der Waals surface area contributed by atoms with Gasteiger partial charge < -0.3 is 15.1 Å². The molecule has 0 unspecified atom stereocenters. The summed E-state index contributed by atoms with van der Waals surface area (Å²) in [5, 5.41) is 7.13. The van der Waals surface area contributed by atoms with Crippen molar-refractivity contribution >= 4 is 23.3 Å². The number of nitrogens with zero attached hydrogens (tertiary/aromatic N) is 4. The van der Waals surface area contributed by atoms with Crippen molar-refractivity contribution in [1.29, 1.82) is 0 Å². The molecule has 2 aromatic rings. The Hall–Kier alpha value is -2.83. The summed E-state index contributed by atoms with van der Waals surface area (Å²) >= 11 is 0. The van der Waals surface area contributed by atoms with Crippen LogP contribution in [0.3, 0.4) is 0 Å². The molecule has 0 saturated carbocycles. The number of hydrogen-bond acceptors (Lipinski definition) is 3. The molecule has 1 saturated heterocycles. The number of nitrogens with one attached hydrogen (secondary N) is 1. The van der Waals surface area contributed by atoms with Crippen LogP contribution in [0, 0.1) is 0 Å². The van der Waals surface area contributed by atoms with Gasteiger partial charge in [-0.15, -0.1) is 0 Å². The highest BCUT2D eigenvalue weighted by molar-refractivity contribution is 5.93. The molecule has 25 heavy (non-hydrogen) atoms. The van der Waals surface area contributed by atoms with Gasteiger partial charge in [0.15, 0.2) is 0 Å². The number of rotatable bonds is 3. The number of anilines is 2. The molecule has 7 heteroatoms. The Kier molecular flexibility index (Phi) is 4.74. The number of likely N-dealkylation sites (tertiary alicyclic amines) is 1. The van der Waals surface area contributed by atoms with Crippen molar-refractivity contribution < 1.29 is 9.59 Å². The molecule has 7 nitrogen and oxygen atoms in total. The van der Waals surface area contributed by atoms with E-state index in [1.54, 1.807) is 22.7 Å². The summed E-state index contributed by atoms with van der Waals surface area (Å²) in [7, 11) is 3.61. The molecule has 0 radical (unpaired) electrons. The van der Waals surface area contributed by atoms with E-state index in [1.807, 2.05) is 42.5 Å². The van der Waals surface area contributed by atoms with Crippen molar-refractivity contribution in [1.82, 2.24) is 14.7 Å². The summed E-state index contributed by atoms with van der Waals surface area (Å²) < 4.78 is 1.79. The van der Waals surface area contributed by atoms with Gasteiger partial charge in [0.05, 0.1) is 6.20 Å². The molecule has 3 rings (SSSR count). The number of urea groups is 1. The summed E-state index contributed by atoms with van der Waals surface area (Å²) in [5.41, 5.74) is 2.60. The summed E-state index contributed by atoms with van der Waals surface area (Å²) in [5.74, 6) is 0.275. The zero-order valence-corrected chi connectivity index (χ0v) is 14.8. The van der Waals surface area contributed by atoms with Crippen LogP contribution in [0.5, 0.6) is 0 Å². The van der Waals surface area contributed by atoms with E-state index in [9.17, 15) is 9.59 Å². The van der Waals surface area contributed by atoms with Crippen LogP contribution in [0.4, 0.5) is 16.2 Å². The van der Waals surface area contributed by atoms with Crippen molar-refractivity contribution in [3.63, 3.8) is 0 Å². The van der Waals surface area contributed by atoms with Crippen LogP contribution in [-0.4, -0.2) is 46.8 Å². The van der Waals surface area contributed by atoms with Crippen LogP contribution < -0.4 is 10.2 Å². The molecule has 1 atom stereocenters. The molecule has 1 aromatic heterocycles. The number of aromatic nitrogens is 2. The van der Waals surface area contributed by atoms with Gasteiger partial charge in [-0.25, -0.2) is 4.79 Å². The van der Waals surface area contributed by atoms with Crippen LogP contribution in [0.1, 0.15) is 24.8 Å². The highest BCUT2D eigenvalue weighted by Crippen LogP contribution is 2.27. The second-order valence-electron chi connectivity index (χ2n) is 6.44. The van der Waals surface area contributed by atoms with E-state index in [-0.39, 0.29) is 11.9 Å². The van der Waals surface area contributed by atoms with Crippen LogP contribution >= 0.6 is 0 Å². The fraction of sp³-hybridized carbons (Fsp3) is 0.389. The predicted molar refractivity (Wildman–Crippen MR) is 96.7 cm³/mol. The van der Waals surface area contributed by atoms with Crippen molar-refractivity contribution in [3.8, 4) is 0 Å². The molecule has 2 heterocycles. The van der Waals surface area contributed by atoms with Gasteiger partial charge in [0.1, 0.15) is 0 Å². The molecule has 132 valence electrons. The van der Waals surface area contributed by atoms with E-state index in [0.717, 1.165) is 18.7 Å². The second-order valence-corrected chi connectivity index (χ2v) is 6.44. The molecule has 1 aliphatic rings. The average Bonchev–Trinajstić information content (AvgIpc) is 3.23. The molecule has 1 aliphatic heterocycles. The molecule has 0 spiro atoms. The third kappa shape index (κ3) is 3.81. The van der Waals surface area contributed by atoms with Crippen molar-refractivity contribution in [2.24, 2.45) is 7.05 Å². The van der Waals surface area contributed by atoms with Crippen molar-refractivity contribution in [2.45, 2.75) is 19.3 Å². The van der Waals surface area contributed by atoms with E-state index in [2.05, 4.69) is 10.4 Å². The minimum absolute atomic E-state index is 0.0534. The topological polar surface area (TPSA) is 70.5 Å². The van der Waals surface area contributed by atoms with Crippen LogP contribution in [-0.2, 0) is 11.8 Å². The number of amides is 3. The quantitative estimate of drug-likeness (QED) is 0.932. The Morgan fingerprint density at radius 2 is 2.16 bits per heavy atom. The Morgan fingerprint density at radius 1 is 1.36 bits per heavy atom. The van der Waals surface area contributed by atoms with Gasteiger partial charge >= 0.3 is 6.03 Å². The number of benzene rings is 1. The van der Waals surface area contributed by atoms with Gasteiger partial charge in [-0.2, -0.15) is 5.10 Å². The lowest BCUT2D eigenvalue weighted by molar-refractivity contribution is -0.116. The summed E-state index contributed by atoms with van der Waals surface area (Å²) in [6.07, 6.45) is 4.81. The first-order chi connectivity index (χ1) is 11.9. The van der Waals surface area contributed by atoms with Crippen molar-refractivity contribution in [2.75, 3.05) is 30.4 Å². The van der Waals surface area contributed by atoms with Gasteiger partial charge in [-0.05, 0) is 30.2 Å². The van der Waals surface area contributed by atoms with Crippen LogP contribution in [0.25, 0.3) is 0 Å². The fourth-order valence-corrected chi connectivity index (χ4v) is 3.04. The highest BCUT2D eigenvalue weighted by atomic mass is 16.2. The van der Waals surface area contributed by atoms with Gasteiger partial charge in [-0.3, -0.25) is 9.48 Å². The minimum Gasteiger partial charge on any atom is -0.324 e. The lowest BCUT2D eigenvalue weighted by Gasteiger charge is -2.19. The zero-order chi connectivity index (χ0) is 18.0. The maximum atomic E-state index is 12.5. The smallest absolute Gasteiger partial charge is 0.321 e. The Balaban J connectivity index is 1.63. The lowest BCUT2D eigenvalue weighted by Crippen LogP contribution is -2.32. The highest BCUT2D eigenvalue weighted by Gasteiger charge is 2.28. The molecule has 1 aromatic carbocycles. The molecule has 0 bridgehead atoms. The Labute approximate surface area is 147 Å². The second kappa shape index (κ2) is 6.96. The van der Waals surface area contributed by atoms with Gasteiger partial charge in [-0.1, -0.05) is 6.07 Å². The van der Waals surface area contributed by atoms with Gasteiger partial charge in [0, 0.05) is 57.6 Å². The van der Waals surface area contributed by atoms with Crippen LogP contribution in [0.15, 0.2) is 36.7 Å². The molecule has 0 aliphatic carbocycles. The SMILES string of the molecule is CC(=O)N(C)c1cccc(NC(=O)N2CC[C@H](c3cnn(C)c3)C2)c1. The third-order valence-corrected chi connectivity index (χ3v) is 4.63. The molecule has 1 fully saturated rings. The number of carbonyl (C=O) groups excluding carboxylic acids is 2. The predicted octanol–water partition coefficient (Wildman–Crippen LogP) is 2.42. The van der Waals surface area contributed by atoms with Crippen molar-refractivity contribution in [3.05, 3.63) is 42.2 Å². The zero-order valence-electron chi connectivity index (χ0n) is 14.8. The standard InChI is InChI=1S/C18H23N5O2/c1-13(24)22(3)17-6-4-5-16(9-17)20-18(25)23-8-7-14(12-23)15-10-19-21(2)11-15/h4-6,9-11,14H,7-8,12H2,1-3H3,(H,20,25)/t14-/m0/s1. The molecular weight excluding hydrogens is 318 g/mol. The maximum Gasteiger partial charge on any atom is 0.321 e. The molecule has 3 amide bonds. The number of carbonyl (C=O) groups is 2. The first-order valence-corrected chi connectivity index (χ1v) is 8.33. The molecule has 1 N–H and O–H groups in total. The Bertz CT molecular complexity index is 785. The Morgan fingerprint density at radius 3 is 2.84 bits per heavy atom. The van der Waals surface area contributed by atoms with Gasteiger partial charge in [0.25, 0.3) is 0 Å². The van der Waals surface area contributed by atoms with Crippen LogP contribution in [0.2, 0.25) is 0 Å². The monoisotopic (exact) mass is 341 g/mol.